The molecule has 0 fully saturated rings. The van der Waals surface area contributed by atoms with Crippen molar-refractivity contribution in [1.82, 2.24) is 4.98 Å². The number of rotatable bonds is 3. The normalized spacial score (nSPS) is 13.3. The molecule has 0 spiro atoms. The zero-order chi connectivity index (χ0) is 14.9. The minimum Gasteiger partial charge on any atom is -0.365 e. The maximum absolute atomic E-state index is 12.8. The molecule has 2 aromatic rings. The van der Waals surface area contributed by atoms with E-state index in [-0.39, 0.29) is 6.04 Å². The highest BCUT2D eigenvalue weighted by Crippen LogP contribution is 2.37. The Morgan fingerprint density at radius 2 is 2.05 bits per heavy atom. The molecule has 0 radical (unpaired) electrons. The Hall–Kier alpha value is -1.60. The van der Waals surface area contributed by atoms with Crippen molar-refractivity contribution in [2.75, 3.05) is 12.4 Å². The predicted octanol–water partition coefficient (Wildman–Crippen LogP) is 3.89. The van der Waals surface area contributed by atoms with Crippen LogP contribution < -0.4 is 11.1 Å². The molecular weight excluding hydrogens is 287 g/mol. The van der Waals surface area contributed by atoms with Crippen molar-refractivity contribution in [3.05, 3.63) is 34.7 Å². The Balaban J connectivity index is 2.54. The van der Waals surface area contributed by atoms with Crippen LogP contribution in [0.25, 0.3) is 11.3 Å². The zero-order valence-corrected chi connectivity index (χ0v) is 11.8. The lowest BCUT2D eigenvalue weighted by atomic mass is 10.1. The van der Waals surface area contributed by atoms with Crippen LogP contribution in [0.15, 0.2) is 24.3 Å². The third-order valence-corrected chi connectivity index (χ3v) is 4.02. The van der Waals surface area contributed by atoms with Crippen LogP contribution >= 0.6 is 11.3 Å². The molecule has 0 amide bonds. The molecule has 0 saturated carbocycles. The Morgan fingerprint density at radius 1 is 1.35 bits per heavy atom. The van der Waals surface area contributed by atoms with E-state index in [4.69, 9.17) is 5.73 Å². The fourth-order valence-corrected chi connectivity index (χ4v) is 2.69. The predicted molar refractivity (Wildman–Crippen MR) is 74.7 cm³/mol. The second-order valence-corrected chi connectivity index (χ2v) is 5.38. The summed E-state index contributed by atoms with van der Waals surface area (Å²) in [5, 5.41) is 3.52. The molecule has 108 valence electrons. The molecule has 0 aliphatic carbocycles. The topological polar surface area (TPSA) is 50.9 Å². The van der Waals surface area contributed by atoms with Gasteiger partial charge in [-0.25, -0.2) is 4.98 Å². The largest absolute Gasteiger partial charge is 0.416 e. The lowest BCUT2D eigenvalue weighted by molar-refractivity contribution is -0.137. The van der Waals surface area contributed by atoms with Crippen LogP contribution in [0, 0.1) is 0 Å². The maximum atomic E-state index is 12.8. The SMILES string of the molecule is CNc1nc(-c2cccc(C(F)(F)F)c2)c(C(C)N)s1. The number of hydrogen-bond acceptors (Lipinski definition) is 4. The van der Waals surface area contributed by atoms with Crippen molar-refractivity contribution in [3.63, 3.8) is 0 Å². The van der Waals surface area contributed by atoms with Crippen LogP contribution in [-0.2, 0) is 6.18 Å². The van der Waals surface area contributed by atoms with Crippen molar-refractivity contribution >= 4 is 16.5 Å². The summed E-state index contributed by atoms with van der Waals surface area (Å²) in [6.07, 6.45) is -4.37. The van der Waals surface area contributed by atoms with Crippen LogP contribution in [0.5, 0.6) is 0 Å². The molecule has 1 aromatic carbocycles. The molecule has 2 rings (SSSR count). The van der Waals surface area contributed by atoms with Gasteiger partial charge in [-0.3, -0.25) is 0 Å². The quantitative estimate of drug-likeness (QED) is 0.904. The number of hydrogen-bond donors (Lipinski definition) is 2. The Morgan fingerprint density at radius 3 is 2.60 bits per heavy atom. The summed E-state index contributed by atoms with van der Waals surface area (Å²) in [5.41, 5.74) is 6.10. The summed E-state index contributed by atoms with van der Waals surface area (Å²) in [7, 11) is 1.71. The highest BCUT2D eigenvalue weighted by molar-refractivity contribution is 7.16. The smallest absolute Gasteiger partial charge is 0.365 e. The van der Waals surface area contributed by atoms with Crippen LogP contribution in [0.2, 0.25) is 0 Å². The summed E-state index contributed by atoms with van der Waals surface area (Å²) in [4.78, 5) is 5.06. The number of benzene rings is 1. The minimum atomic E-state index is -4.37. The van der Waals surface area contributed by atoms with Crippen LogP contribution in [0.3, 0.4) is 0 Å². The van der Waals surface area contributed by atoms with Crippen LogP contribution in [0.1, 0.15) is 23.4 Å². The van der Waals surface area contributed by atoms with Gasteiger partial charge in [0.15, 0.2) is 5.13 Å². The molecule has 0 saturated heterocycles. The van der Waals surface area contributed by atoms with Gasteiger partial charge in [0.2, 0.25) is 0 Å². The number of alkyl halides is 3. The van der Waals surface area contributed by atoms with Gasteiger partial charge >= 0.3 is 6.18 Å². The second-order valence-electron chi connectivity index (χ2n) is 4.35. The average Bonchev–Trinajstić information content (AvgIpc) is 2.82. The molecule has 0 aliphatic heterocycles. The average molecular weight is 301 g/mol. The Bertz CT molecular complexity index is 605. The van der Waals surface area contributed by atoms with Crippen molar-refractivity contribution in [2.24, 2.45) is 5.73 Å². The van der Waals surface area contributed by atoms with E-state index in [9.17, 15) is 13.2 Å². The van der Waals surface area contributed by atoms with Gasteiger partial charge in [0.05, 0.1) is 16.1 Å². The van der Waals surface area contributed by atoms with E-state index >= 15 is 0 Å². The zero-order valence-electron chi connectivity index (χ0n) is 11.0. The van der Waals surface area contributed by atoms with Crippen molar-refractivity contribution in [1.29, 1.82) is 0 Å². The number of aromatic nitrogens is 1. The molecule has 1 atom stereocenters. The van der Waals surface area contributed by atoms with Crippen molar-refractivity contribution in [3.8, 4) is 11.3 Å². The summed E-state index contributed by atoms with van der Waals surface area (Å²) < 4.78 is 38.3. The maximum Gasteiger partial charge on any atom is 0.416 e. The van der Waals surface area contributed by atoms with Crippen LogP contribution in [-0.4, -0.2) is 12.0 Å². The molecule has 1 aromatic heterocycles. The van der Waals surface area contributed by atoms with E-state index in [0.29, 0.717) is 16.4 Å². The Kier molecular flexibility index (Phi) is 4.01. The molecule has 1 unspecified atom stereocenters. The van der Waals surface area contributed by atoms with Gasteiger partial charge in [-0.05, 0) is 19.1 Å². The molecule has 20 heavy (non-hydrogen) atoms. The number of thiazole rings is 1. The van der Waals surface area contributed by atoms with E-state index < -0.39 is 11.7 Å². The fraction of sp³-hybridized carbons (Fsp3) is 0.308. The first-order valence-electron chi connectivity index (χ1n) is 5.94. The van der Waals surface area contributed by atoms with Gasteiger partial charge in [-0.2, -0.15) is 13.2 Å². The van der Waals surface area contributed by atoms with Crippen molar-refractivity contribution < 1.29 is 13.2 Å². The summed E-state index contributed by atoms with van der Waals surface area (Å²) >= 11 is 1.35. The number of nitrogens with one attached hydrogen (secondary N) is 1. The number of nitrogens with zero attached hydrogens (tertiary/aromatic N) is 1. The fourth-order valence-electron chi connectivity index (χ4n) is 1.80. The van der Waals surface area contributed by atoms with E-state index in [1.54, 1.807) is 20.0 Å². The Labute approximate surface area is 118 Å². The van der Waals surface area contributed by atoms with Gasteiger partial charge in [0, 0.05) is 18.7 Å². The third kappa shape index (κ3) is 2.94. The summed E-state index contributed by atoms with van der Waals surface area (Å²) in [6.45, 7) is 1.78. The van der Waals surface area contributed by atoms with Crippen molar-refractivity contribution in [2.45, 2.75) is 19.1 Å². The monoisotopic (exact) mass is 301 g/mol. The highest BCUT2D eigenvalue weighted by Gasteiger charge is 2.31. The number of anilines is 1. The molecule has 1 heterocycles. The first-order chi connectivity index (χ1) is 9.32. The minimum absolute atomic E-state index is 0.292. The van der Waals surface area contributed by atoms with Gasteiger partial charge in [0.1, 0.15) is 0 Å². The first kappa shape index (κ1) is 14.8. The van der Waals surface area contributed by atoms with E-state index in [0.717, 1.165) is 17.0 Å². The molecule has 0 bridgehead atoms. The van der Waals surface area contributed by atoms with E-state index in [2.05, 4.69) is 10.3 Å². The number of halogens is 3. The molecular formula is C13H14F3N3S. The van der Waals surface area contributed by atoms with Gasteiger partial charge in [-0.15, -0.1) is 0 Å². The molecule has 3 N–H and O–H groups in total. The standard InChI is InChI=1S/C13H14F3N3S/c1-7(17)11-10(19-12(18-2)20-11)8-4-3-5-9(6-8)13(14,15)16/h3-7H,17H2,1-2H3,(H,18,19). The highest BCUT2D eigenvalue weighted by atomic mass is 32.1. The van der Waals surface area contributed by atoms with Gasteiger partial charge < -0.3 is 11.1 Å². The summed E-state index contributed by atoms with van der Waals surface area (Å²) in [5.74, 6) is 0. The molecule has 3 nitrogen and oxygen atoms in total. The number of nitrogens with two attached hydrogens (primary N) is 1. The molecule has 7 heteroatoms. The van der Waals surface area contributed by atoms with Gasteiger partial charge in [0.25, 0.3) is 0 Å². The summed E-state index contributed by atoms with van der Waals surface area (Å²) in [6, 6.07) is 4.83. The van der Waals surface area contributed by atoms with Gasteiger partial charge in [-0.1, -0.05) is 23.5 Å². The second kappa shape index (κ2) is 5.41. The van der Waals surface area contributed by atoms with E-state index in [1.165, 1.54) is 17.4 Å². The van der Waals surface area contributed by atoms with E-state index in [1.807, 2.05) is 0 Å². The van der Waals surface area contributed by atoms with Crippen LogP contribution in [0.4, 0.5) is 18.3 Å². The first-order valence-corrected chi connectivity index (χ1v) is 6.76. The molecule has 0 aliphatic rings. The lowest BCUT2D eigenvalue weighted by Crippen LogP contribution is -2.06. The lowest BCUT2D eigenvalue weighted by Gasteiger charge is -2.09. The third-order valence-electron chi connectivity index (χ3n) is 2.74.